The van der Waals surface area contributed by atoms with Crippen LogP contribution < -0.4 is 16.2 Å². The Labute approximate surface area is 245 Å². The quantitative estimate of drug-likeness (QED) is 0.282. The molecule has 43 heavy (non-hydrogen) atoms. The van der Waals surface area contributed by atoms with Gasteiger partial charge in [-0.15, -0.1) is 5.10 Å². The zero-order chi connectivity index (χ0) is 30.1. The maximum atomic E-state index is 13.9. The van der Waals surface area contributed by atoms with E-state index in [0.29, 0.717) is 11.5 Å². The lowest BCUT2D eigenvalue weighted by molar-refractivity contribution is -0.117. The summed E-state index contributed by atoms with van der Waals surface area (Å²) in [5, 5.41) is 18.2. The number of halogens is 1. The molecule has 0 spiro atoms. The van der Waals surface area contributed by atoms with Gasteiger partial charge in [0.2, 0.25) is 5.91 Å². The van der Waals surface area contributed by atoms with Crippen LogP contribution in [0.25, 0.3) is 39.2 Å². The molecule has 1 atom stereocenters. The van der Waals surface area contributed by atoms with Crippen LogP contribution in [0.3, 0.4) is 0 Å². The van der Waals surface area contributed by atoms with Crippen molar-refractivity contribution in [3.8, 4) is 28.3 Å². The number of nitrogens with one attached hydrogen (secondary N) is 2. The van der Waals surface area contributed by atoms with Gasteiger partial charge in [0.15, 0.2) is 5.82 Å². The number of nitrogens with zero attached hydrogens (tertiary/aromatic N) is 7. The second-order valence-electron chi connectivity index (χ2n) is 10.2. The van der Waals surface area contributed by atoms with Crippen molar-refractivity contribution in [2.45, 2.75) is 19.5 Å². The highest BCUT2D eigenvalue weighted by atomic mass is 19.1. The molecular weight excluding hydrogens is 549 g/mol. The van der Waals surface area contributed by atoms with E-state index in [-0.39, 0.29) is 29.5 Å². The molecule has 0 saturated heterocycles. The van der Waals surface area contributed by atoms with E-state index in [1.54, 1.807) is 60.9 Å². The van der Waals surface area contributed by atoms with Gasteiger partial charge in [-0.2, -0.15) is 0 Å². The van der Waals surface area contributed by atoms with Gasteiger partial charge in [0.25, 0.3) is 5.56 Å². The van der Waals surface area contributed by atoms with E-state index < -0.39 is 6.04 Å². The third-order valence-corrected chi connectivity index (χ3v) is 7.35. The summed E-state index contributed by atoms with van der Waals surface area (Å²) in [6, 6.07) is 18.9. The fourth-order valence-corrected chi connectivity index (χ4v) is 4.96. The van der Waals surface area contributed by atoms with E-state index in [1.807, 2.05) is 47.2 Å². The lowest BCUT2D eigenvalue weighted by atomic mass is 10.1. The van der Waals surface area contributed by atoms with Gasteiger partial charge in [-0.1, -0.05) is 18.2 Å². The number of aryl methyl sites for hydroxylation is 1. The number of benzene rings is 2. The number of carbonyl (C=O) groups is 1. The number of pyridine rings is 2. The average molecular weight is 578 g/mol. The van der Waals surface area contributed by atoms with E-state index in [0.717, 1.165) is 33.3 Å². The molecular formula is C31H28FN9O2. The van der Waals surface area contributed by atoms with Crippen molar-refractivity contribution in [2.24, 2.45) is 7.05 Å². The highest BCUT2D eigenvalue weighted by Gasteiger charge is 2.17. The molecule has 0 bridgehead atoms. The van der Waals surface area contributed by atoms with E-state index >= 15 is 0 Å². The first kappa shape index (κ1) is 27.7. The zero-order valence-electron chi connectivity index (χ0n) is 23.7. The van der Waals surface area contributed by atoms with E-state index in [1.165, 1.54) is 12.1 Å². The molecule has 0 saturated carbocycles. The molecule has 0 fully saturated rings. The molecule has 0 radical (unpaired) electrons. The third-order valence-electron chi connectivity index (χ3n) is 7.35. The van der Waals surface area contributed by atoms with Gasteiger partial charge in [0, 0.05) is 30.4 Å². The van der Waals surface area contributed by atoms with Crippen LogP contribution >= 0.6 is 0 Å². The minimum absolute atomic E-state index is 0.159. The summed E-state index contributed by atoms with van der Waals surface area (Å²) in [6.45, 7) is 1.88. The molecule has 12 heteroatoms. The molecule has 4 aromatic heterocycles. The van der Waals surface area contributed by atoms with E-state index in [4.69, 9.17) is 0 Å². The molecule has 0 aliphatic carbocycles. The van der Waals surface area contributed by atoms with Gasteiger partial charge in [-0.3, -0.25) is 14.6 Å². The van der Waals surface area contributed by atoms with Crippen LogP contribution in [0, 0.1) is 5.82 Å². The first-order valence-electron chi connectivity index (χ1n) is 13.6. The summed E-state index contributed by atoms with van der Waals surface area (Å²) in [7, 11) is 3.43. The summed E-state index contributed by atoms with van der Waals surface area (Å²) in [6.07, 6.45) is 5.26. The fourth-order valence-electron chi connectivity index (χ4n) is 4.96. The van der Waals surface area contributed by atoms with Crippen molar-refractivity contribution in [1.82, 2.24) is 39.6 Å². The summed E-state index contributed by atoms with van der Waals surface area (Å²) in [4.78, 5) is 31.0. The van der Waals surface area contributed by atoms with Gasteiger partial charge in [0.05, 0.1) is 35.7 Å². The summed E-state index contributed by atoms with van der Waals surface area (Å²) in [5.41, 5.74) is 4.32. The highest BCUT2D eigenvalue weighted by Crippen LogP contribution is 2.26. The number of amides is 1. The number of aromatic nitrogens is 7. The fraction of sp³-hybridized carbons (Fsp3) is 0.161. The molecule has 6 rings (SSSR count). The number of hydrogen-bond donors (Lipinski definition) is 2. The summed E-state index contributed by atoms with van der Waals surface area (Å²) >= 11 is 0. The van der Waals surface area contributed by atoms with Crippen LogP contribution in [0.4, 0.5) is 10.1 Å². The molecule has 2 aromatic carbocycles. The summed E-state index contributed by atoms with van der Waals surface area (Å²) < 4.78 is 18.9. The first-order chi connectivity index (χ1) is 20.8. The third kappa shape index (κ3) is 5.43. The maximum Gasteiger partial charge on any atom is 0.275 e. The Kier molecular flexibility index (Phi) is 7.34. The van der Waals surface area contributed by atoms with Gasteiger partial charge in [0.1, 0.15) is 11.5 Å². The van der Waals surface area contributed by atoms with Crippen molar-refractivity contribution in [1.29, 1.82) is 0 Å². The van der Waals surface area contributed by atoms with E-state index in [9.17, 15) is 14.0 Å². The van der Waals surface area contributed by atoms with Crippen LogP contribution in [0.15, 0.2) is 90.1 Å². The smallest absolute Gasteiger partial charge is 0.275 e. The van der Waals surface area contributed by atoms with E-state index in [2.05, 4.69) is 31.1 Å². The molecule has 1 amide bonds. The lowest BCUT2D eigenvalue weighted by Crippen LogP contribution is -2.37. The standard InChI is InChI=1S/C31H28FN9O2/c1-19(33-2)30(42)35-26-8-10-28(21-5-4-6-23(14-21)29-36-37-38-39(29)3)41(31(26)43)18-20-13-25(17-34-16-20)40-12-11-22-15-24(32)7-9-27(22)40/h4-17,19,33H,18H2,1-3H3,(H,35,42)/t19-/m0/s1. The van der Waals surface area contributed by atoms with Crippen molar-refractivity contribution >= 4 is 22.5 Å². The second kappa shape index (κ2) is 11.4. The predicted octanol–water partition coefficient (Wildman–Crippen LogP) is 3.78. The van der Waals surface area contributed by atoms with Crippen molar-refractivity contribution < 1.29 is 9.18 Å². The maximum absolute atomic E-state index is 13.9. The number of likely N-dealkylation sites (N-methyl/N-ethyl adjacent to an activating group) is 1. The molecule has 0 aliphatic rings. The minimum Gasteiger partial charge on any atom is -0.320 e. The van der Waals surface area contributed by atoms with Gasteiger partial charge in [-0.05, 0) is 84.1 Å². The normalized spacial score (nSPS) is 12.0. The molecule has 2 N–H and O–H groups in total. The second-order valence-corrected chi connectivity index (χ2v) is 10.2. The Morgan fingerprint density at radius 2 is 1.86 bits per heavy atom. The molecule has 6 aromatic rings. The van der Waals surface area contributed by atoms with Crippen LogP contribution in [0.1, 0.15) is 12.5 Å². The molecule has 0 aliphatic heterocycles. The van der Waals surface area contributed by atoms with Gasteiger partial charge in [-0.25, -0.2) is 9.07 Å². The first-order valence-corrected chi connectivity index (χ1v) is 13.6. The topological polar surface area (TPSA) is 125 Å². The van der Waals surface area contributed by atoms with Gasteiger partial charge < -0.3 is 19.8 Å². The van der Waals surface area contributed by atoms with Crippen molar-refractivity contribution in [3.63, 3.8) is 0 Å². The molecule has 216 valence electrons. The highest BCUT2D eigenvalue weighted by molar-refractivity contribution is 5.94. The van der Waals surface area contributed by atoms with Crippen molar-refractivity contribution in [3.05, 3.63) is 107 Å². The zero-order valence-corrected chi connectivity index (χ0v) is 23.7. The lowest BCUT2D eigenvalue weighted by Gasteiger charge is -2.17. The number of tetrazole rings is 1. The number of anilines is 1. The Bertz CT molecular complexity index is 2030. The Morgan fingerprint density at radius 1 is 1.02 bits per heavy atom. The molecule has 11 nitrogen and oxygen atoms in total. The average Bonchev–Trinajstić information content (AvgIpc) is 3.64. The largest absolute Gasteiger partial charge is 0.320 e. The van der Waals surface area contributed by atoms with Gasteiger partial charge >= 0.3 is 0 Å². The van der Waals surface area contributed by atoms with Crippen molar-refractivity contribution in [2.75, 3.05) is 12.4 Å². The number of fused-ring (bicyclic) bond motifs is 1. The predicted molar refractivity (Wildman–Crippen MR) is 161 cm³/mol. The van der Waals surface area contributed by atoms with Crippen LogP contribution in [0.2, 0.25) is 0 Å². The Hall–Kier alpha value is -5.49. The SMILES string of the molecule is CN[C@@H](C)C(=O)Nc1ccc(-c2cccc(-c3nnnn3C)c2)n(Cc2cncc(-n3ccc4cc(F)ccc43)c2)c1=O. The Balaban J connectivity index is 1.44. The summed E-state index contributed by atoms with van der Waals surface area (Å²) in [5.74, 6) is -0.0497. The molecule has 0 unspecified atom stereocenters. The number of hydrogen-bond acceptors (Lipinski definition) is 7. The minimum atomic E-state index is -0.491. The van der Waals surface area contributed by atoms with Crippen LogP contribution in [-0.2, 0) is 18.4 Å². The number of carbonyl (C=O) groups excluding carboxylic acids is 1. The van der Waals surface area contributed by atoms with Crippen LogP contribution in [0.5, 0.6) is 0 Å². The Morgan fingerprint density at radius 3 is 2.65 bits per heavy atom. The molecule has 4 heterocycles. The van der Waals surface area contributed by atoms with Crippen LogP contribution in [-0.4, -0.2) is 53.3 Å². The monoisotopic (exact) mass is 577 g/mol. The number of rotatable bonds is 8.